The van der Waals surface area contributed by atoms with Crippen LogP contribution in [0.25, 0.3) is 22.6 Å². The third-order valence-corrected chi connectivity index (χ3v) is 4.59. The van der Waals surface area contributed by atoms with E-state index in [0.717, 1.165) is 22.5 Å². The normalized spacial score (nSPS) is 10.8. The molecule has 1 heterocycles. The standard InChI is InChI=1S/C22H17ClN2O3/c1-14(26)27-19-10-3-15(4-11-19)22-24-20-13-18(9-12-21(20)28-22)25(2)17-7-5-16(23)6-8-17/h3-13H,1-2H3. The van der Waals surface area contributed by atoms with Crippen molar-refractivity contribution in [3.63, 3.8) is 0 Å². The highest BCUT2D eigenvalue weighted by atomic mass is 35.5. The first-order valence-electron chi connectivity index (χ1n) is 8.68. The third-order valence-electron chi connectivity index (χ3n) is 4.34. The minimum absolute atomic E-state index is 0.355. The third kappa shape index (κ3) is 3.70. The molecule has 28 heavy (non-hydrogen) atoms. The van der Waals surface area contributed by atoms with Gasteiger partial charge in [-0.3, -0.25) is 4.79 Å². The molecule has 3 aromatic carbocycles. The molecule has 0 aliphatic carbocycles. The van der Waals surface area contributed by atoms with Gasteiger partial charge in [-0.2, -0.15) is 0 Å². The zero-order chi connectivity index (χ0) is 19.7. The molecular weight excluding hydrogens is 376 g/mol. The first-order valence-corrected chi connectivity index (χ1v) is 9.06. The Kier molecular flexibility index (Phi) is 4.75. The maximum absolute atomic E-state index is 11.0. The van der Waals surface area contributed by atoms with Crippen molar-refractivity contribution in [2.75, 3.05) is 11.9 Å². The molecule has 0 saturated heterocycles. The SMILES string of the molecule is CC(=O)Oc1ccc(-c2nc3cc(N(C)c4ccc(Cl)cc4)ccc3o2)cc1. The molecular formula is C22H17ClN2O3. The van der Waals surface area contributed by atoms with Gasteiger partial charge in [0, 0.05) is 35.9 Å². The fourth-order valence-electron chi connectivity index (χ4n) is 2.89. The molecule has 5 nitrogen and oxygen atoms in total. The number of fused-ring (bicyclic) bond motifs is 1. The van der Waals surface area contributed by atoms with E-state index in [-0.39, 0.29) is 5.97 Å². The number of esters is 1. The summed E-state index contributed by atoms with van der Waals surface area (Å²) in [6.07, 6.45) is 0. The average molecular weight is 393 g/mol. The van der Waals surface area contributed by atoms with Gasteiger partial charge >= 0.3 is 5.97 Å². The monoisotopic (exact) mass is 392 g/mol. The van der Waals surface area contributed by atoms with Crippen molar-refractivity contribution < 1.29 is 13.9 Å². The Labute approximate surface area is 167 Å². The van der Waals surface area contributed by atoms with Gasteiger partial charge in [-0.15, -0.1) is 0 Å². The summed E-state index contributed by atoms with van der Waals surface area (Å²) < 4.78 is 10.9. The summed E-state index contributed by atoms with van der Waals surface area (Å²) in [5.41, 5.74) is 4.28. The van der Waals surface area contributed by atoms with Crippen LogP contribution in [0.5, 0.6) is 5.75 Å². The largest absolute Gasteiger partial charge is 0.436 e. The smallest absolute Gasteiger partial charge is 0.308 e. The van der Waals surface area contributed by atoms with Gasteiger partial charge in [0.2, 0.25) is 5.89 Å². The first-order chi connectivity index (χ1) is 13.5. The summed E-state index contributed by atoms with van der Waals surface area (Å²) >= 11 is 5.97. The van der Waals surface area contributed by atoms with E-state index >= 15 is 0 Å². The molecule has 0 radical (unpaired) electrons. The van der Waals surface area contributed by atoms with Crippen LogP contribution in [0.2, 0.25) is 5.02 Å². The summed E-state index contributed by atoms with van der Waals surface area (Å²) in [6.45, 7) is 1.37. The molecule has 140 valence electrons. The lowest BCUT2D eigenvalue weighted by atomic mass is 10.2. The Bertz CT molecular complexity index is 1130. The van der Waals surface area contributed by atoms with Crippen molar-refractivity contribution in [2.24, 2.45) is 0 Å². The average Bonchev–Trinajstić information content (AvgIpc) is 3.11. The highest BCUT2D eigenvalue weighted by molar-refractivity contribution is 6.30. The number of aromatic nitrogens is 1. The van der Waals surface area contributed by atoms with Gasteiger partial charge in [0.1, 0.15) is 11.3 Å². The number of oxazole rings is 1. The van der Waals surface area contributed by atoms with E-state index in [1.165, 1.54) is 6.92 Å². The highest BCUT2D eigenvalue weighted by Crippen LogP contribution is 2.31. The number of ether oxygens (including phenoxy) is 1. The second kappa shape index (κ2) is 7.37. The van der Waals surface area contributed by atoms with E-state index in [4.69, 9.17) is 20.8 Å². The molecule has 0 saturated carbocycles. The van der Waals surface area contributed by atoms with Gasteiger partial charge in [-0.05, 0) is 66.7 Å². The van der Waals surface area contributed by atoms with Crippen molar-refractivity contribution in [1.82, 2.24) is 4.98 Å². The molecule has 0 bridgehead atoms. The van der Waals surface area contributed by atoms with E-state index in [2.05, 4.69) is 9.88 Å². The zero-order valence-electron chi connectivity index (χ0n) is 15.3. The lowest BCUT2D eigenvalue weighted by Gasteiger charge is -2.19. The van der Waals surface area contributed by atoms with Gasteiger partial charge in [-0.1, -0.05) is 11.6 Å². The van der Waals surface area contributed by atoms with Crippen LogP contribution in [0.15, 0.2) is 71.1 Å². The molecule has 0 N–H and O–H groups in total. The first kappa shape index (κ1) is 18.1. The summed E-state index contributed by atoms with van der Waals surface area (Å²) in [7, 11) is 1.99. The Hall–Kier alpha value is -3.31. The number of hydrogen-bond donors (Lipinski definition) is 0. The Balaban J connectivity index is 1.62. The lowest BCUT2D eigenvalue weighted by molar-refractivity contribution is -0.131. The van der Waals surface area contributed by atoms with Crippen LogP contribution in [-0.4, -0.2) is 18.0 Å². The highest BCUT2D eigenvalue weighted by Gasteiger charge is 2.11. The molecule has 0 atom stereocenters. The fraction of sp³-hybridized carbons (Fsp3) is 0.0909. The van der Waals surface area contributed by atoms with Gasteiger partial charge in [0.15, 0.2) is 5.58 Å². The second-order valence-electron chi connectivity index (χ2n) is 6.32. The molecule has 0 aliphatic heterocycles. The molecule has 4 rings (SSSR count). The van der Waals surface area contributed by atoms with Gasteiger partial charge in [0.05, 0.1) is 0 Å². The van der Waals surface area contributed by atoms with Crippen molar-refractivity contribution in [2.45, 2.75) is 6.92 Å². The Morgan fingerprint density at radius 2 is 1.68 bits per heavy atom. The zero-order valence-corrected chi connectivity index (χ0v) is 16.1. The van der Waals surface area contributed by atoms with Crippen LogP contribution in [0.1, 0.15) is 6.92 Å². The molecule has 0 spiro atoms. The van der Waals surface area contributed by atoms with Crippen molar-refractivity contribution in [3.8, 4) is 17.2 Å². The van der Waals surface area contributed by atoms with E-state index in [1.807, 2.05) is 61.6 Å². The molecule has 0 fully saturated rings. The summed E-state index contributed by atoms with van der Waals surface area (Å²) in [6, 6.07) is 20.6. The number of hydrogen-bond acceptors (Lipinski definition) is 5. The predicted molar refractivity (Wildman–Crippen MR) is 110 cm³/mol. The number of anilines is 2. The van der Waals surface area contributed by atoms with Gasteiger partial charge in [0.25, 0.3) is 0 Å². The second-order valence-corrected chi connectivity index (χ2v) is 6.76. The molecule has 4 aromatic rings. The van der Waals surface area contributed by atoms with E-state index in [9.17, 15) is 4.79 Å². The molecule has 6 heteroatoms. The topological polar surface area (TPSA) is 55.6 Å². The number of carbonyl (C=O) groups is 1. The van der Waals surface area contributed by atoms with Gasteiger partial charge < -0.3 is 14.1 Å². The van der Waals surface area contributed by atoms with Crippen molar-refractivity contribution >= 4 is 40.0 Å². The number of benzene rings is 3. The number of rotatable bonds is 4. The number of halogens is 1. The number of nitrogens with zero attached hydrogens (tertiary/aromatic N) is 2. The van der Waals surface area contributed by atoms with Crippen molar-refractivity contribution in [3.05, 3.63) is 71.8 Å². The summed E-state index contributed by atoms with van der Waals surface area (Å²) in [5.74, 6) is 0.641. The summed E-state index contributed by atoms with van der Waals surface area (Å²) in [5, 5.41) is 0.702. The quantitative estimate of drug-likeness (QED) is 0.322. The molecule has 1 aromatic heterocycles. The number of carbonyl (C=O) groups excluding carboxylic acids is 1. The van der Waals surface area contributed by atoms with E-state index < -0.39 is 0 Å². The lowest BCUT2D eigenvalue weighted by Crippen LogP contribution is -2.08. The van der Waals surface area contributed by atoms with Crippen LogP contribution in [-0.2, 0) is 4.79 Å². The maximum Gasteiger partial charge on any atom is 0.308 e. The molecule has 0 amide bonds. The van der Waals surface area contributed by atoms with Crippen LogP contribution in [0, 0.1) is 0 Å². The van der Waals surface area contributed by atoms with Crippen LogP contribution in [0.3, 0.4) is 0 Å². The summed E-state index contributed by atoms with van der Waals surface area (Å²) in [4.78, 5) is 17.7. The van der Waals surface area contributed by atoms with Crippen LogP contribution in [0.4, 0.5) is 11.4 Å². The Morgan fingerprint density at radius 3 is 2.36 bits per heavy atom. The Morgan fingerprint density at radius 1 is 1.00 bits per heavy atom. The minimum atomic E-state index is -0.355. The minimum Gasteiger partial charge on any atom is -0.436 e. The van der Waals surface area contributed by atoms with Gasteiger partial charge in [-0.25, -0.2) is 4.98 Å². The van der Waals surface area contributed by atoms with Crippen molar-refractivity contribution in [1.29, 1.82) is 0 Å². The van der Waals surface area contributed by atoms with Crippen LogP contribution < -0.4 is 9.64 Å². The van der Waals surface area contributed by atoms with Crippen LogP contribution >= 0.6 is 11.6 Å². The predicted octanol–water partition coefficient (Wildman–Crippen LogP) is 5.84. The molecule has 0 unspecified atom stereocenters. The molecule has 0 aliphatic rings. The van der Waals surface area contributed by atoms with E-state index in [1.54, 1.807) is 12.1 Å². The fourth-order valence-corrected chi connectivity index (χ4v) is 3.02. The van der Waals surface area contributed by atoms with E-state index in [0.29, 0.717) is 22.2 Å². The maximum atomic E-state index is 11.0.